The van der Waals surface area contributed by atoms with Crippen LogP contribution in [0, 0.1) is 0 Å². The summed E-state index contributed by atoms with van der Waals surface area (Å²) < 4.78 is 0. The highest BCUT2D eigenvalue weighted by Crippen LogP contribution is 2.45. The molecular formula is C18H26N2. The number of benzene rings is 1. The Balaban J connectivity index is 1.63. The molecule has 2 aliphatic heterocycles. The minimum atomic E-state index is 0.704. The lowest BCUT2D eigenvalue weighted by Gasteiger charge is -2.45. The van der Waals surface area contributed by atoms with E-state index in [0.29, 0.717) is 6.04 Å². The Morgan fingerprint density at radius 2 is 1.80 bits per heavy atom. The van der Waals surface area contributed by atoms with Crippen LogP contribution < -0.4 is 5.32 Å². The van der Waals surface area contributed by atoms with Crippen LogP contribution in [0.25, 0.3) is 0 Å². The highest BCUT2D eigenvalue weighted by molar-refractivity contribution is 5.33. The van der Waals surface area contributed by atoms with Crippen LogP contribution in [-0.2, 0) is 6.42 Å². The fraction of sp³-hybridized carbons (Fsp3) is 0.667. The second-order valence-electron chi connectivity index (χ2n) is 6.90. The lowest BCUT2D eigenvalue weighted by atomic mass is 9.84. The van der Waals surface area contributed by atoms with Gasteiger partial charge in [-0.3, -0.25) is 4.90 Å². The van der Waals surface area contributed by atoms with Crippen LogP contribution >= 0.6 is 0 Å². The van der Waals surface area contributed by atoms with Gasteiger partial charge in [-0.15, -0.1) is 0 Å². The van der Waals surface area contributed by atoms with E-state index < -0.39 is 0 Å². The van der Waals surface area contributed by atoms with Crippen LogP contribution in [0.4, 0.5) is 0 Å². The summed E-state index contributed by atoms with van der Waals surface area (Å²) in [5, 5.41) is 3.52. The summed E-state index contributed by atoms with van der Waals surface area (Å²) in [6, 6.07) is 12.3. The maximum atomic E-state index is 3.52. The van der Waals surface area contributed by atoms with Crippen LogP contribution in [0.5, 0.6) is 0 Å². The van der Waals surface area contributed by atoms with Gasteiger partial charge in [-0.05, 0) is 63.1 Å². The molecule has 3 atom stereocenters. The third-order valence-corrected chi connectivity index (χ3v) is 5.90. The first kappa shape index (κ1) is 12.8. The normalized spacial score (nSPS) is 36.9. The molecule has 2 saturated heterocycles. The zero-order valence-electron chi connectivity index (χ0n) is 12.5. The number of piperidine rings is 1. The van der Waals surface area contributed by atoms with Crippen molar-refractivity contribution in [1.82, 2.24) is 10.2 Å². The Morgan fingerprint density at radius 3 is 2.55 bits per heavy atom. The second-order valence-corrected chi connectivity index (χ2v) is 6.90. The van der Waals surface area contributed by atoms with Crippen molar-refractivity contribution in [2.24, 2.45) is 0 Å². The fourth-order valence-corrected chi connectivity index (χ4v) is 5.00. The van der Waals surface area contributed by atoms with E-state index in [4.69, 9.17) is 0 Å². The molecule has 2 heterocycles. The summed E-state index contributed by atoms with van der Waals surface area (Å²) >= 11 is 0. The van der Waals surface area contributed by atoms with E-state index in [1.807, 2.05) is 0 Å². The van der Waals surface area contributed by atoms with Gasteiger partial charge in [0.25, 0.3) is 0 Å². The number of nitrogens with one attached hydrogen (secondary N) is 1. The molecule has 0 spiro atoms. The number of aryl methyl sites for hydroxylation is 1. The molecule has 20 heavy (non-hydrogen) atoms. The Bertz CT molecular complexity index is 470. The van der Waals surface area contributed by atoms with Gasteiger partial charge in [-0.25, -0.2) is 0 Å². The van der Waals surface area contributed by atoms with Gasteiger partial charge in [0.1, 0.15) is 0 Å². The third-order valence-electron chi connectivity index (χ3n) is 5.90. The fourth-order valence-electron chi connectivity index (χ4n) is 5.00. The van der Waals surface area contributed by atoms with Crippen molar-refractivity contribution in [3.8, 4) is 0 Å². The van der Waals surface area contributed by atoms with Gasteiger partial charge in [0.15, 0.2) is 0 Å². The number of nitrogens with zero attached hydrogens (tertiary/aromatic N) is 1. The van der Waals surface area contributed by atoms with E-state index >= 15 is 0 Å². The molecule has 3 unspecified atom stereocenters. The standard InChI is InChI=1S/C18H26N2/c1-19-14-11-15-9-10-16(12-14)20(15)18-8-4-6-13-5-2-3-7-17(13)18/h2-3,5,7,14-16,18-19H,4,6,8-12H2,1H3. The molecule has 1 aromatic carbocycles. The van der Waals surface area contributed by atoms with E-state index in [9.17, 15) is 0 Å². The Hall–Kier alpha value is -0.860. The number of hydrogen-bond acceptors (Lipinski definition) is 2. The van der Waals surface area contributed by atoms with Gasteiger partial charge in [-0.1, -0.05) is 24.3 Å². The monoisotopic (exact) mass is 270 g/mol. The van der Waals surface area contributed by atoms with E-state index in [0.717, 1.165) is 18.1 Å². The first-order valence-electron chi connectivity index (χ1n) is 8.39. The summed E-state index contributed by atoms with van der Waals surface area (Å²) in [5.74, 6) is 0. The number of rotatable bonds is 2. The SMILES string of the molecule is CNC1CC2CCC(C1)N2C1CCCc2ccccc21. The third kappa shape index (κ3) is 2.01. The number of hydrogen-bond donors (Lipinski definition) is 1. The van der Waals surface area contributed by atoms with Gasteiger partial charge >= 0.3 is 0 Å². The predicted octanol–water partition coefficient (Wildman–Crippen LogP) is 3.28. The average molecular weight is 270 g/mol. The molecule has 1 aliphatic carbocycles. The van der Waals surface area contributed by atoms with Gasteiger partial charge < -0.3 is 5.32 Å². The first-order chi connectivity index (χ1) is 9.86. The minimum Gasteiger partial charge on any atom is -0.317 e. The van der Waals surface area contributed by atoms with E-state index in [1.54, 1.807) is 11.1 Å². The summed E-state index contributed by atoms with van der Waals surface area (Å²) in [7, 11) is 2.13. The Labute approximate surface area is 122 Å². The lowest BCUT2D eigenvalue weighted by molar-refractivity contribution is 0.0622. The molecule has 0 saturated carbocycles. The van der Waals surface area contributed by atoms with Crippen LogP contribution in [0.15, 0.2) is 24.3 Å². The van der Waals surface area contributed by atoms with E-state index in [2.05, 4.69) is 41.5 Å². The van der Waals surface area contributed by atoms with Gasteiger partial charge in [0.05, 0.1) is 0 Å². The van der Waals surface area contributed by atoms with Crippen molar-refractivity contribution >= 4 is 0 Å². The van der Waals surface area contributed by atoms with Crippen molar-refractivity contribution in [1.29, 1.82) is 0 Å². The summed E-state index contributed by atoms with van der Waals surface area (Å²) in [6.07, 6.45) is 9.57. The molecule has 0 amide bonds. The molecule has 0 radical (unpaired) electrons. The molecule has 1 N–H and O–H groups in total. The predicted molar refractivity (Wildman–Crippen MR) is 82.9 cm³/mol. The van der Waals surface area contributed by atoms with Crippen molar-refractivity contribution < 1.29 is 0 Å². The topological polar surface area (TPSA) is 15.3 Å². The van der Waals surface area contributed by atoms with Crippen LogP contribution in [-0.4, -0.2) is 30.1 Å². The summed E-state index contributed by atoms with van der Waals surface area (Å²) in [5.41, 5.74) is 3.25. The first-order valence-corrected chi connectivity index (χ1v) is 8.39. The largest absolute Gasteiger partial charge is 0.317 e. The number of fused-ring (bicyclic) bond motifs is 3. The Kier molecular flexibility index (Phi) is 3.31. The van der Waals surface area contributed by atoms with Crippen molar-refractivity contribution in [2.45, 2.75) is 69.1 Å². The lowest BCUT2D eigenvalue weighted by Crippen LogP contribution is -2.50. The molecule has 108 valence electrons. The van der Waals surface area contributed by atoms with Gasteiger partial charge in [0.2, 0.25) is 0 Å². The van der Waals surface area contributed by atoms with Crippen LogP contribution in [0.2, 0.25) is 0 Å². The van der Waals surface area contributed by atoms with Crippen molar-refractivity contribution in [3.63, 3.8) is 0 Å². The smallest absolute Gasteiger partial charge is 0.0356 e. The van der Waals surface area contributed by atoms with E-state index in [1.165, 1.54) is 44.9 Å². The quantitative estimate of drug-likeness (QED) is 0.887. The minimum absolute atomic E-state index is 0.704. The molecule has 2 fully saturated rings. The molecular weight excluding hydrogens is 244 g/mol. The summed E-state index contributed by atoms with van der Waals surface area (Å²) in [4.78, 5) is 2.91. The molecule has 1 aromatic rings. The molecule has 4 rings (SSSR count). The highest BCUT2D eigenvalue weighted by atomic mass is 15.3. The highest BCUT2D eigenvalue weighted by Gasteiger charge is 2.44. The summed E-state index contributed by atoms with van der Waals surface area (Å²) in [6.45, 7) is 0. The molecule has 3 aliphatic rings. The Morgan fingerprint density at radius 1 is 1.05 bits per heavy atom. The van der Waals surface area contributed by atoms with Crippen LogP contribution in [0.3, 0.4) is 0 Å². The zero-order chi connectivity index (χ0) is 13.5. The van der Waals surface area contributed by atoms with Gasteiger partial charge in [-0.2, -0.15) is 0 Å². The maximum absolute atomic E-state index is 3.52. The van der Waals surface area contributed by atoms with Crippen molar-refractivity contribution in [2.75, 3.05) is 7.05 Å². The zero-order valence-corrected chi connectivity index (χ0v) is 12.5. The molecule has 2 heteroatoms. The average Bonchev–Trinajstić information content (AvgIpc) is 2.76. The van der Waals surface area contributed by atoms with Crippen molar-refractivity contribution in [3.05, 3.63) is 35.4 Å². The van der Waals surface area contributed by atoms with E-state index in [-0.39, 0.29) is 0 Å². The second kappa shape index (κ2) is 5.16. The van der Waals surface area contributed by atoms with Gasteiger partial charge in [0, 0.05) is 24.2 Å². The maximum Gasteiger partial charge on any atom is 0.0356 e. The molecule has 2 bridgehead atoms. The van der Waals surface area contributed by atoms with Crippen LogP contribution in [0.1, 0.15) is 55.7 Å². The molecule has 0 aromatic heterocycles. The molecule has 2 nitrogen and oxygen atoms in total.